The molecule has 0 unspecified atom stereocenters. The van der Waals surface area contributed by atoms with Gasteiger partial charge in [0.15, 0.2) is 0 Å². The molecule has 5 heteroatoms. The van der Waals surface area contributed by atoms with Gasteiger partial charge in [0, 0.05) is 32.8 Å². The van der Waals surface area contributed by atoms with Crippen LogP contribution in [0.2, 0.25) is 5.02 Å². The molecule has 0 saturated carbocycles. The molecule has 0 atom stereocenters. The van der Waals surface area contributed by atoms with Crippen molar-refractivity contribution in [1.82, 2.24) is 0 Å². The van der Waals surface area contributed by atoms with Crippen molar-refractivity contribution >= 4 is 28.5 Å². The molecule has 0 bridgehead atoms. The van der Waals surface area contributed by atoms with E-state index in [1.165, 1.54) is 0 Å². The van der Waals surface area contributed by atoms with E-state index in [2.05, 4.69) is 0 Å². The van der Waals surface area contributed by atoms with Crippen LogP contribution in [0.3, 0.4) is 0 Å². The van der Waals surface area contributed by atoms with Crippen molar-refractivity contribution in [2.75, 3.05) is 0 Å². The number of rotatable bonds is 7. The second kappa shape index (κ2) is 9.52. The molecule has 0 fully saturated rings. The molecule has 0 aliphatic rings. The second-order valence-electron chi connectivity index (χ2n) is 7.59. The summed E-state index contributed by atoms with van der Waals surface area (Å²) in [6, 6.07) is 17.7. The van der Waals surface area contributed by atoms with Crippen LogP contribution in [-0.4, -0.2) is 10.7 Å². The molecule has 0 saturated heterocycles. The van der Waals surface area contributed by atoms with Gasteiger partial charge in [0.1, 0.15) is 12.4 Å². The van der Waals surface area contributed by atoms with E-state index in [4.69, 9.17) is 22.1 Å². The summed E-state index contributed by atoms with van der Waals surface area (Å²) in [5, 5.41) is 13.0. The first-order valence-electron chi connectivity index (χ1n) is 9.67. The van der Waals surface area contributed by atoms with Crippen LogP contribution in [-0.2, 0) is 6.61 Å². The molecule has 0 aliphatic carbocycles. The summed E-state index contributed by atoms with van der Waals surface area (Å²) in [5.74, 6) is 0.752. The minimum Gasteiger partial charge on any atom is -0.488 e. The molecule has 0 aliphatic heterocycles. The standard InChI is InChI=1S/C25H26ClNO2S/c1-17(25(2,3)28)13-19(15-27)24-21(11-12-30-24)22-14-20(26)9-10-23(22)29-16-18-7-5-4-6-8-18/h4-15,28H,16,27H2,1-3H3/b17-13+,19-15+. The molecule has 3 rings (SSSR count). The van der Waals surface area contributed by atoms with Gasteiger partial charge in [-0.15, -0.1) is 11.3 Å². The minimum absolute atomic E-state index is 0.465. The highest BCUT2D eigenvalue weighted by atomic mass is 35.5. The molecule has 0 radical (unpaired) electrons. The molecule has 0 spiro atoms. The van der Waals surface area contributed by atoms with Crippen molar-refractivity contribution in [3.05, 3.63) is 93.3 Å². The predicted octanol–water partition coefficient (Wildman–Crippen LogP) is 6.66. The smallest absolute Gasteiger partial charge is 0.127 e. The third kappa shape index (κ3) is 5.33. The monoisotopic (exact) mass is 439 g/mol. The Morgan fingerprint density at radius 1 is 1.13 bits per heavy atom. The molecular weight excluding hydrogens is 414 g/mol. The molecule has 3 N–H and O–H groups in total. The Hall–Kier alpha value is -2.53. The van der Waals surface area contributed by atoms with Crippen molar-refractivity contribution in [3.63, 3.8) is 0 Å². The predicted molar refractivity (Wildman–Crippen MR) is 128 cm³/mol. The fourth-order valence-electron chi connectivity index (χ4n) is 2.92. The van der Waals surface area contributed by atoms with Gasteiger partial charge in [0.25, 0.3) is 0 Å². The highest BCUT2D eigenvalue weighted by molar-refractivity contribution is 7.11. The van der Waals surface area contributed by atoms with Gasteiger partial charge < -0.3 is 15.6 Å². The third-order valence-electron chi connectivity index (χ3n) is 4.91. The summed E-state index contributed by atoms with van der Waals surface area (Å²) >= 11 is 7.91. The van der Waals surface area contributed by atoms with Crippen LogP contribution in [0, 0.1) is 0 Å². The maximum Gasteiger partial charge on any atom is 0.127 e. The molecule has 1 aromatic heterocycles. The second-order valence-corrected chi connectivity index (χ2v) is 8.94. The number of thiophene rings is 1. The van der Waals surface area contributed by atoms with E-state index < -0.39 is 5.60 Å². The normalized spacial score (nSPS) is 12.8. The SMILES string of the molecule is C/C(=C\C(=C/N)c1sccc1-c1cc(Cl)ccc1OCc1ccccc1)C(C)(C)O. The molecule has 3 aromatic rings. The van der Waals surface area contributed by atoms with Crippen molar-refractivity contribution < 1.29 is 9.84 Å². The summed E-state index contributed by atoms with van der Waals surface area (Å²) < 4.78 is 6.15. The fraction of sp³-hybridized carbons (Fsp3) is 0.200. The third-order valence-corrected chi connectivity index (χ3v) is 6.11. The van der Waals surface area contributed by atoms with Crippen LogP contribution in [0.1, 0.15) is 31.2 Å². The molecule has 156 valence electrons. The van der Waals surface area contributed by atoms with Crippen LogP contribution >= 0.6 is 22.9 Å². The first-order chi connectivity index (χ1) is 14.3. The van der Waals surface area contributed by atoms with Crippen molar-refractivity contribution in [1.29, 1.82) is 0 Å². The highest BCUT2D eigenvalue weighted by Gasteiger charge is 2.19. The van der Waals surface area contributed by atoms with Crippen molar-refractivity contribution in [2.45, 2.75) is 33.0 Å². The first kappa shape index (κ1) is 22.2. The summed E-state index contributed by atoms with van der Waals surface area (Å²) in [4.78, 5) is 0.993. The number of halogens is 1. The van der Waals surface area contributed by atoms with Gasteiger partial charge in [-0.2, -0.15) is 0 Å². The number of allylic oxidation sites excluding steroid dienone is 2. The molecule has 1 heterocycles. The lowest BCUT2D eigenvalue weighted by molar-refractivity contribution is 0.120. The zero-order valence-electron chi connectivity index (χ0n) is 17.4. The molecular formula is C25H26ClNO2S. The summed E-state index contributed by atoms with van der Waals surface area (Å²) in [7, 11) is 0. The maximum atomic E-state index is 10.3. The number of hydrogen-bond acceptors (Lipinski definition) is 4. The number of hydrogen-bond donors (Lipinski definition) is 2. The Kier molecular flexibility index (Phi) is 7.03. The van der Waals surface area contributed by atoms with E-state index in [0.29, 0.717) is 11.6 Å². The number of aliphatic hydroxyl groups is 1. The number of nitrogens with two attached hydrogens (primary N) is 1. The van der Waals surface area contributed by atoms with Crippen molar-refractivity contribution in [3.8, 4) is 16.9 Å². The lowest BCUT2D eigenvalue weighted by Crippen LogP contribution is -2.20. The maximum absolute atomic E-state index is 10.3. The van der Waals surface area contributed by atoms with E-state index in [1.807, 2.05) is 73.0 Å². The van der Waals surface area contributed by atoms with E-state index in [9.17, 15) is 5.11 Å². The summed E-state index contributed by atoms with van der Waals surface area (Å²) in [6.45, 7) is 5.88. The quantitative estimate of drug-likeness (QED) is 0.404. The first-order valence-corrected chi connectivity index (χ1v) is 10.9. The van der Waals surface area contributed by atoms with E-state index in [-0.39, 0.29) is 0 Å². The van der Waals surface area contributed by atoms with Gasteiger partial charge in [0.05, 0.1) is 5.60 Å². The summed E-state index contributed by atoms with van der Waals surface area (Å²) in [6.07, 6.45) is 3.49. The van der Waals surface area contributed by atoms with Crippen LogP contribution in [0.25, 0.3) is 16.7 Å². The number of ether oxygens (including phenoxy) is 1. The average molecular weight is 440 g/mol. The molecule has 30 heavy (non-hydrogen) atoms. The number of benzene rings is 2. The molecule has 3 nitrogen and oxygen atoms in total. The topological polar surface area (TPSA) is 55.5 Å². The van der Waals surface area contributed by atoms with Crippen LogP contribution in [0.4, 0.5) is 0 Å². The lowest BCUT2D eigenvalue weighted by Gasteiger charge is -2.19. The van der Waals surface area contributed by atoms with Gasteiger partial charge in [-0.05, 0) is 61.6 Å². The van der Waals surface area contributed by atoms with Gasteiger partial charge in [-0.1, -0.05) is 48.0 Å². The van der Waals surface area contributed by atoms with Crippen LogP contribution in [0.5, 0.6) is 5.75 Å². The zero-order valence-corrected chi connectivity index (χ0v) is 18.9. The average Bonchev–Trinajstić information content (AvgIpc) is 3.20. The fourth-order valence-corrected chi connectivity index (χ4v) is 4.00. The Balaban J connectivity index is 1.99. The van der Waals surface area contributed by atoms with Crippen molar-refractivity contribution in [2.24, 2.45) is 5.73 Å². The van der Waals surface area contributed by atoms with E-state index >= 15 is 0 Å². The summed E-state index contributed by atoms with van der Waals surface area (Å²) in [5.41, 5.74) is 9.69. The van der Waals surface area contributed by atoms with Gasteiger partial charge in [-0.25, -0.2) is 0 Å². The zero-order chi connectivity index (χ0) is 21.7. The van der Waals surface area contributed by atoms with E-state index in [0.717, 1.165) is 38.5 Å². The van der Waals surface area contributed by atoms with E-state index in [1.54, 1.807) is 31.4 Å². The van der Waals surface area contributed by atoms with Gasteiger partial charge in [0.2, 0.25) is 0 Å². The Morgan fingerprint density at radius 3 is 2.53 bits per heavy atom. The Labute approximate surface area is 187 Å². The van der Waals surface area contributed by atoms with Gasteiger partial charge in [-0.3, -0.25) is 0 Å². The van der Waals surface area contributed by atoms with Gasteiger partial charge >= 0.3 is 0 Å². The molecule has 0 amide bonds. The van der Waals surface area contributed by atoms with Crippen LogP contribution in [0.15, 0.2) is 77.8 Å². The molecule has 2 aromatic carbocycles. The minimum atomic E-state index is -0.925. The largest absolute Gasteiger partial charge is 0.488 e. The Bertz CT molecular complexity index is 1060. The highest BCUT2D eigenvalue weighted by Crippen LogP contribution is 2.40. The lowest BCUT2D eigenvalue weighted by atomic mass is 9.95. The van der Waals surface area contributed by atoms with Crippen LogP contribution < -0.4 is 10.5 Å². The Morgan fingerprint density at radius 2 is 1.87 bits per heavy atom.